The van der Waals surface area contributed by atoms with Gasteiger partial charge < -0.3 is 15.2 Å². The molecule has 1 aromatic rings. The van der Waals surface area contributed by atoms with Crippen LogP contribution in [0.5, 0.6) is 5.75 Å². The van der Waals surface area contributed by atoms with E-state index in [1.54, 1.807) is 7.11 Å². The number of aliphatic hydroxyl groups is 1. The first-order valence-corrected chi connectivity index (χ1v) is 6.51. The predicted molar refractivity (Wildman–Crippen MR) is 74.9 cm³/mol. The first-order chi connectivity index (χ1) is 8.48. The summed E-state index contributed by atoms with van der Waals surface area (Å²) in [6.45, 7) is 8.09. The number of aliphatic hydroxyl groups excluding tert-OH is 1. The Kier molecular flexibility index (Phi) is 5.63. The number of methoxy groups -OCH3 is 1. The van der Waals surface area contributed by atoms with E-state index in [1.165, 1.54) is 0 Å². The van der Waals surface area contributed by atoms with Crippen molar-refractivity contribution >= 4 is 0 Å². The van der Waals surface area contributed by atoms with Crippen LogP contribution in [0.4, 0.5) is 0 Å². The second-order valence-corrected chi connectivity index (χ2v) is 5.44. The lowest BCUT2D eigenvalue weighted by molar-refractivity contribution is 0.167. The molecule has 2 N–H and O–H groups in total. The summed E-state index contributed by atoms with van der Waals surface area (Å²) in [7, 11) is 1.63. The van der Waals surface area contributed by atoms with Gasteiger partial charge in [-0.3, -0.25) is 0 Å². The summed E-state index contributed by atoms with van der Waals surface area (Å²) in [6.07, 6.45) is 0.627. The molecule has 0 heterocycles. The third-order valence-electron chi connectivity index (χ3n) is 3.38. The Morgan fingerprint density at radius 1 is 1.39 bits per heavy atom. The SMILES string of the molecule is CCC(C)(C)CNCC(O)c1cccc(OC)c1. The third-order valence-corrected chi connectivity index (χ3v) is 3.38. The maximum atomic E-state index is 10.1. The van der Waals surface area contributed by atoms with Gasteiger partial charge in [0.25, 0.3) is 0 Å². The number of ether oxygens (including phenoxy) is 1. The molecule has 0 amide bonds. The monoisotopic (exact) mass is 251 g/mol. The lowest BCUT2D eigenvalue weighted by Crippen LogP contribution is -2.31. The summed E-state index contributed by atoms with van der Waals surface area (Å²) in [5, 5.41) is 13.4. The van der Waals surface area contributed by atoms with Crippen molar-refractivity contribution in [3.05, 3.63) is 29.8 Å². The molecule has 3 nitrogen and oxygen atoms in total. The topological polar surface area (TPSA) is 41.5 Å². The molecule has 102 valence electrons. The van der Waals surface area contributed by atoms with Gasteiger partial charge in [0, 0.05) is 13.1 Å². The Balaban J connectivity index is 2.47. The van der Waals surface area contributed by atoms with Crippen LogP contribution in [-0.4, -0.2) is 25.3 Å². The van der Waals surface area contributed by atoms with E-state index in [2.05, 4.69) is 26.1 Å². The maximum absolute atomic E-state index is 10.1. The van der Waals surface area contributed by atoms with Gasteiger partial charge in [-0.15, -0.1) is 0 Å². The number of nitrogens with one attached hydrogen (secondary N) is 1. The zero-order valence-electron chi connectivity index (χ0n) is 11.9. The van der Waals surface area contributed by atoms with Crippen LogP contribution in [0.15, 0.2) is 24.3 Å². The Hall–Kier alpha value is -1.06. The minimum Gasteiger partial charge on any atom is -0.497 e. The molecule has 18 heavy (non-hydrogen) atoms. The van der Waals surface area contributed by atoms with Gasteiger partial charge in [-0.25, -0.2) is 0 Å². The zero-order chi connectivity index (χ0) is 13.6. The van der Waals surface area contributed by atoms with Crippen LogP contribution in [0.1, 0.15) is 38.9 Å². The van der Waals surface area contributed by atoms with Crippen LogP contribution < -0.4 is 10.1 Å². The number of hydrogen-bond donors (Lipinski definition) is 2. The van der Waals surface area contributed by atoms with Crippen molar-refractivity contribution in [3.8, 4) is 5.75 Å². The van der Waals surface area contributed by atoms with E-state index in [1.807, 2.05) is 24.3 Å². The van der Waals surface area contributed by atoms with Crippen molar-refractivity contribution in [2.45, 2.75) is 33.3 Å². The lowest BCUT2D eigenvalue weighted by atomic mass is 9.90. The highest BCUT2D eigenvalue weighted by Gasteiger charge is 2.15. The Morgan fingerprint density at radius 3 is 2.72 bits per heavy atom. The van der Waals surface area contributed by atoms with E-state index in [9.17, 15) is 5.11 Å². The van der Waals surface area contributed by atoms with Gasteiger partial charge in [-0.2, -0.15) is 0 Å². The highest BCUT2D eigenvalue weighted by Crippen LogP contribution is 2.20. The fraction of sp³-hybridized carbons (Fsp3) is 0.600. The summed E-state index contributed by atoms with van der Waals surface area (Å²) in [6, 6.07) is 7.56. The fourth-order valence-electron chi connectivity index (χ4n) is 1.64. The van der Waals surface area contributed by atoms with Crippen LogP contribution in [0.3, 0.4) is 0 Å². The van der Waals surface area contributed by atoms with Crippen LogP contribution in [-0.2, 0) is 0 Å². The molecule has 0 aliphatic carbocycles. The van der Waals surface area contributed by atoms with Crippen molar-refractivity contribution in [2.24, 2.45) is 5.41 Å². The smallest absolute Gasteiger partial charge is 0.119 e. The Labute approximate surface area is 110 Å². The van der Waals surface area contributed by atoms with Crippen LogP contribution in [0.25, 0.3) is 0 Å². The summed E-state index contributed by atoms with van der Waals surface area (Å²) in [4.78, 5) is 0. The van der Waals surface area contributed by atoms with E-state index in [-0.39, 0.29) is 5.41 Å². The van der Waals surface area contributed by atoms with E-state index in [0.717, 1.165) is 24.3 Å². The first kappa shape index (κ1) is 15.0. The summed E-state index contributed by atoms with van der Waals surface area (Å²) < 4.78 is 5.15. The van der Waals surface area contributed by atoms with Crippen molar-refractivity contribution in [1.82, 2.24) is 5.32 Å². The lowest BCUT2D eigenvalue weighted by Gasteiger charge is -2.24. The normalized spacial score (nSPS) is 13.4. The molecule has 0 aliphatic rings. The molecule has 0 aromatic heterocycles. The minimum absolute atomic E-state index is 0.272. The molecule has 0 fully saturated rings. The van der Waals surface area contributed by atoms with Crippen LogP contribution >= 0.6 is 0 Å². The number of benzene rings is 1. The quantitative estimate of drug-likeness (QED) is 0.783. The van der Waals surface area contributed by atoms with E-state index >= 15 is 0 Å². The fourth-order valence-corrected chi connectivity index (χ4v) is 1.64. The minimum atomic E-state index is -0.493. The third kappa shape index (κ3) is 4.67. The highest BCUT2D eigenvalue weighted by atomic mass is 16.5. The molecule has 0 bridgehead atoms. The van der Waals surface area contributed by atoms with Gasteiger partial charge in [0.2, 0.25) is 0 Å². The average molecular weight is 251 g/mol. The van der Waals surface area contributed by atoms with Gasteiger partial charge >= 0.3 is 0 Å². The highest BCUT2D eigenvalue weighted by molar-refractivity contribution is 5.29. The molecule has 0 aliphatic heterocycles. The van der Waals surface area contributed by atoms with Gasteiger partial charge in [0.05, 0.1) is 13.2 Å². The Bertz CT molecular complexity index is 363. The molecular formula is C15H25NO2. The standard InChI is InChI=1S/C15H25NO2/c1-5-15(2,3)11-16-10-14(17)12-7-6-8-13(9-12)18-4/h6-9,14,16-17H,5,10-11H2,1-4H3. The number of hydrogen-bond acceptors (Lipinski definition) is 3. The molecule has 0 radical (unpaired) electrons. The van der Waals surface area contributed by atoms with Crippen LogP contribution in [0, 0.1) is 5.41 Å². The molecule has 0 saturated heterocycles. The largest absolute Gasteiger partial charge is 0.497 e. The van der Waals surface area contributed by atoms with E-state index in [4.69, 9.17) is 4.74 Å². The summed E-state index contributed by atoms with van der Waals surface area (Å²) >= 11 is 0. The second kappa shape index (κ2) is 6.76. The molecule has 1 unspecified atom stereocenters. The number of rotatable bonds is 7. The van der Waals surface area contributed by atoms with Crippen molar-refractivity contribution in [1.29, 1.82) is 0 Å². The molecular weight excluding hydrogens is 226 g/mol. The second-order valence-electron chi connectivity index (χ2n) is 5.44. The molecule has 0 saturated carbocycles. The van der Waals surface area contributed by atoms with E-state index in [0.29, 0.717) is 6.54 Å². The Morgan fingerprint density at radius 2 is 2.11 bits per heavy atom. The van der Waals surface area contributed by atoms with E-state index < -0.39 is 6.10 Å². The van der Waals surface area contributed by atoms with Gasteiger partial charge in [0.1, 0.15) is 5.75 Å². The molecule has 1 atom stereocenters. The van der Waals surface area contributed by atoms with Gasteiger partial charge in [-0.05, 0) is 29.5 Å². The van der Waals surface area contributed by atoms with Gasteiger partial charge in [0.15, 0.2) is 0 Å². The molecule has 0 spiro atoms. The summed E-state index contributed by atoms with van der Waals surface area (Å²) in [5.41, 5.74) is 1.16. The predicted octanol–water partition coefficient (Wildman–Crippen LogP) is 2.75. The summed E-state index contributed by atoms with van der Waals surface area (Å²) in [5.74, 6) is 0.778. The first-order valence-electron chi connectivity index (χ1n) is 6.51. The average Bonchev–Trinajstić information content (AvgIpc) is 2.38. The maximum Gasteiger partial charge on any atom is 0.119 e. The van der Waals surface area contributed by atoms with Gasteiger partial charge in [-0.1, -0.05) is 32.9 Å². The van der Waals surface area contributed by atoms with Crippen molar-refractivity contribution in [2.75, 3.05) is 20.2 Å². The van der Waals surface area contributed by atoms with Crippen molar-refractivity contribution < 1.29 is 9.84 Å². The van der Waals surface area contributed by atoms with Crippen LogP contribution in [0.2, 0.25) is 0 Å². The molecule has 1 aromatic carbocycles. The molecule has 3 heteroatoms. The molecule has 1 rings (SSSR count). The van der Waals surface area contributed by atoms with Crippen molar-refractivity contribution in [3.63, 3.8) is 0 Å². The zero-order valence-corrected chi connectivity index (χ0v) is 11.9.